The van der Waals surface area contributed by atoms with Crippen LogP contribution >= 0.6 is 0 Å². The van der Waals surface area contributed by atoms with Crippen molar-refractivity contribution in [2.24, 2.45) is 63.8 Å². The van der Waals surface area contributed by atoms with E-state index in [2.05, 4.69) is 95.0 Å². The summed E-state index contributed by atoms with van der Waals surface area (Å²) in [6.45, 7) is 14.3. The van der Waals surface area contributed by atoms with Crippen LogP contribution in [0.5, 0.6) is 0 Å². The largest absolute Gasteiger partial charge is 0.480 e. The van der Waals surface area contributed by atoms with Crippen LogP contribution in [0, 0.1) is 50.7 Å². The molecule has 0 spiro atoms. The highest BCUT2D eigenvalue weighted by Crippen LogP contribution is 2.23. The van der Waals surface area contributed by atoms with E-state index in [4.69, 9.17) is 67.2 Å². The summed E-state index contributed by atoms with van der Waals surface area (Å²) in [5, 5.41) is 92.9. The van der Waals surface area contributed by atoms with Crippen molar-refractivity contribution in [3.05, 3.63) is 72.1 Å². The first-order chi connectivity index (χ1) is 58.3. The first-order valence-electron chi connectivity index (χ1n) is 41.8. The number of para-hydroxylation sites is 2. The molecule has 0 aliphatic heterocycles. The average Bonchev–Trinajstić information content (AvgIpc) is 1.71. The van der Waals surface area contributed by atoms with E-state index in [1.54, 1.807) is 98.1 Å². The van der Waals surface area contributed by atoms with E-state index < -0.39 is 167 Å². The van der Waals surface area contributed by atoms with Crippen LogP contribution in [-0.2, 0) is 70.4 Å². The number of nitrogens with two attached hydrogens (primary N) is 7. The highest BCUT2D eigenvalue weighted by molar-refractivity contribution is 6.00. The van der Waals surface area contributed by atoms with Gasteiger partial charge in [0, 0.05) is 79.8 Å². The number of hydrogen-bond acceptors (Lipinski definition) is 19. The number of unbranched alkanes of at least 4 members (excludes halogenated alkanes) is 1. The molecule has 0 unspecified atom stereocenters. The number of benzene rings is 2. The third-order valence-electron chi connectivity index (χ3n) is 20.9. The van der Waals surface area contributed by atoms with Gasteiger partial charge in [-0.3, -0.25) is 79.8 Å². The Labute approximate surface area is 716 Å². The Balaban J connectivity index is 1.66. The Kier molecular flexibility index (Phi) is 44.5. The van der Waals surface area contributed by atoms with E-state index in [0.29, 0.717) is 47.7 Å². The maximum Gasteiger partial charge on any atom is 0.326 e. The predicted molar refractivity (Wildman–Crippen MR) is 468 cm³/mol. The van der Waals surface area contributed by atoms with E-state index >= 15 is 14.4 Å². The summed E-state index contributed by atoms with van der Waals surface area (Å²) in [6, 6.07) is -2.20. The van der Waals surface area contributed by atoms with Crippen LogP contribution in [0.15, 0.2) is 60.9 Å². The Hall–Kier alpha value is -12.6. The van der Waals surface area contributed by atoms with Gasteiger partial charge in [-0.05, 0) is 137 Å². The average molecular weight is 1720 g/mol. The lowest BCUT2D eigenvalue weighted by Crippen LogP contribution is -2.63. The number of hydrogen-bond donors (Lipinski definition) is 31. The van der Waals surface area contributed by atoms with Crippen molar-refractivity contribution in [2.45, 2.75) is 237 Å². The van der Waals surface area contributed by atoms with Crippen LogP contribution in [0.1, 0.15) is 163 Å². The molecule has 0 fully saturated rings. The molecule has 682 valence electrons. The van der Waals surface area contributed by atoms with Crippen LogP contribution in [-0.4, -0.2) is 228 Å². The Morgan fingerprint density at radius 2 is 0.618 bits per heavy atom. The molecule has 14 atom stereocenters. The number of amides is 11. The molecule has 0 radical (unpaired) electrons. The minimum atomic E-state index is -1.52. The van der Waals surface area contributed by atoms with Crippen molar-refractivity contribution in [3.8, 4) is 0 Å². The summed E-state index contributed by atoms with van der Waals surface area (Å²) in [7, 11) is 0. The number of carboxylic acids is 1. The number of H-pyrrole nitrogens is 2. The summed E-state index contributed by atoms with van der Waals surface area (Å²) >= 11 is 0. The lowest BCUT2D eigenvalue weighted by Gasteiger charge is -2.32. The van der Waals surface area contributed by atoms with Crippen LogP contribution in [0.25, 0.3) is 21.8 Å². The third kappa shape index (κ3) is 36.0. The molecule has 0 bridgehead atoms. The van der Waals surface area contributed by atoms with Gasteiger partial charge in [-0.2, -0.15) is 0 Å². The van der Waals surface area contributed by atoms with Crippen molar-refractivity contribution in [1.82, 2.24) is 95.0 Å². The molecule has 0 saturated carbocycles. The molecule has 2 aromatic carbocycles. The molecular weight excluding hydrogens is 1590 g/mol. The minimum absolute atomic E-state index is 0.000424. The summed E-state index contributed by atoms with van der Waals surface area (Å²) < 4.78 is 0. The fraction of sp³-hybridized carbons (Fsp3) is 0.588. The van der Waals surface area contributed by atoms with Gasteiger partial charge < -0.3 is 140 Å². The number of guanidine groups is 5. The van der Waals surface area contributed by atoms with Gasteiger partial charge in [0.25, 0.3) is 0 Å². The molecule has 43 heteroatoms. The van der Waals surface area contributed by atoms with Crippen LogP contribution in [0.2, 0.25) is 0 Å². The van der Waals surface area contributed by atoms with E-state index in [0.717, 1.165) is 10.9 Å². The van der Waals surface area contributed by atoms with E-state index in [-0.39, 0.29) is 153 Å². The number of nitrogens with one attached hydrogen (secondary N) is 23. The summed E-state index contributed by atoms with van der Waals surface area (Å²) in [6.07, 6.45) is 4.98. The van der Waals surface area contributed by atoms with Gasteiger partial charge in [-0.1, -0.05) is 105 Å². The highest BCUT2D eigenvalue weighted by atomic mass is 16.4. The van der Waals surface area contributed by atoms with Gasteiger partial charge in [0.15, 0.2) is 29.8 Å². The minimum Gasteiger partial charge on any atom is -0.480 e. The number of fused-ring (bicyclic) bond motifs is 2. The first kappa shape index (κ1) is 103. The van der Waals surface area contributed by atoms with Crippen LogP contribution < -0.4 is 125 Å². The smallest absolute Gasteiger partial charge is 0.326 e. The van der Waals surface area contributed by atoms with Gasteiger partial charge in [0.1, 0.15) is 66.5 Å². The quantitative estimate of drug-likeness (QED) is 0.0119. The molecule has 4 aromatic rings. The number of rotatable bonds is 57. The van der Waals surface area contributed by atoms with Crippen molar-refractivity contribution in [3.63, 3.8) is 0 Å². The second-order valence-electron chi connectivity index (χ2n) is 31.4. The van der Waals surface area contributed by atoms with Gasteiger partial charge >= 0.3 is 5.97 Å². The summed E-state index contributed by atoms with van der Waals surface area (Å²) in [5.41, 5.74) is 42.2. The topological polar surface area (TPSA) is 751 Å². The maximum absolute atomic E-state index is 15.1. The molecule has 11 amide bonds. The number of aliphatic carboxylic acids is 1. The summed E-state index contributed by atoms with van der Waals surface area (Å²) in [5.74, 6) is -14.8. The monoisotopic (exact) mass is 1720 g/mol. The molecule has 0 aliphatic carbocycles. The predicted octanol–water partition coefficient (Wildman–Crippen LogP) is -2.97. The maximum atomic E-state index is 15.1. The molecule has 4 rings (SSSR count). The first-order valence-corrected chi connectivity index (χ1v) is 41.8. The zero-order valence-electron chi connectivity index (χ0n) is 71.7. The number of aromatic amines is 2. The molecule has 0 saturated heterocycles. The second-order valence-corrected chi connectivity index (χ2v) is 31.4. The van der Waals surface area contributed by atoms with Crippen molar-refractivity contribution < 1.29 is 62.6 Å². The summed E-state index contributed by atoms with van der Waals surface area (Å²) in [4.78, 5) is 181. The zero-order chi connectivity index (χ0) is 91.6. The fourth-order valence-electron chi connectivity index (χ4n) is 13.4. The van der Waals surface area contributed by atoms with Crippen LogP contribution in [0.3, 0.4) is 0 Å². The lowest BCUT2D eigenvalue weighted by molar-refractivity contribution is -0.142. The molecule has 2 aromatic heterocycles. The third-order valence-corrected chi connectivity index (χ3v) is 20.9. The number of carbonyl (C=O) groups excluding carboxylic acids is 11. The van der Waals surface area contributed by atoms with Crippen molar-refractivity contribution in [1.29, 1.82) is 27.0 Å². The molecule has 2 heterocycles. The van der Waals surface area contributed by atoms with E-state index in [9.17, 15) is 48.3 Å². The van der Waals surface area contributed by atoms with Crippen molar-refractivity contribution in [2.75, 3.05) is 39.3 Å². The number of carboxylic acid groups (broad SMARTS) is 1. The Bertz CT molecular complexity index is 4210. The number of carbonyl (C=O) groups is 12. The van der Waals surface area contributed by atoms with Crippen molar-refractivity contribution >= 4 is 123 Å². The zero-order valence-corrected chi connectivity index (χ0v) is 71.7. The highest BCUT2D eigenvalue weighted by Gasteiger charge is 2.40. The molecule has 123 heavy (non-hydrogen) atoms. The number of aromatic nitrogens is 2. The van der Waals surface area contributed by atoms with Gasteiger partial charge in [-0.15, -0.1) is 0 Å². The fourth-order valence-corrected chi connectivity index (χ4v) is 13.4. The Morgan fingerprint density at radius 1 is 0.350 bits per heavy atom. The van der Waals surface area contributed by atoms with Gasteiger partial charge in [-0.25, -0.2) is 4.79 Å². The molecular formula is C80H134N30O13. The molecule has 38 N–H and O–H groups in total. The van der Waals surface area contributed by atoms with E-state index in [1.807, 2.05) is 18.2 Å². The normalized spacial score (nSPS) is 14.6. The van der Waals surface area contributed by atoms with Crippen LogP contribution in [0.4, 0.5) is 0 Å². The Morgan fingerprint density at radius 3 is 0.959 bits per heavy atom. The van der Waals surface area contributed by atoms with E-state index in [1.165, 1.54) is 0 Å². The molecule has 0 aliphatic rings. The SMILES string of the molecule is CC[C@H](C)[C@H](NC(=O)[C@H](CCCCN)NC(=O)[C@H](Cc1c[nH]c2ccccc12)NC(=O)[C@H](CCCNC(=N)N)NC(=O)[C@@H](N)CCCNC(=N)N)C(=O)N[C@H](C(=O)N[C@H](C(=O)N[C@H](C(=O)N[C@@H](CCCNC(=N)N)C(=O)N[C@@H](Cc1c[nH]c2ccccc12)C(=O)N[C@@H](CCCNC(=N)N)C(=O)N[C@@H](CCCNC(=N)N)C(=O)O)[C@@H](C)CC)C(C)C)C(C)C. The standard InChI is InChI=1S/C80H134N30O13/c1-9-44(7)62(73(120)103-56(30-20-36-96-79(89)90)67(114)106-59(39-47-41-99-52-26-14-12-23-49(47)52)70(117)102-55(29-19-35-95-78(87)88)65(112)104-57(75(122)123)31-21-37-97-80(91)92)110-72(119)61(43(5)6)107-71(118)60(42(3)4)108-74(121)63(45(8)10-2)109-68(115)53(27-15-16-32-81)101-69(116)58(38-46-40-98-51-25-13-11-22-48(46)51)105-66(113)54(28-18-34-94-77(85)86)100-64(111)50(82)24-17-33-93-76(83)84/h11-14,22-23,25-26,40-45,50,53-63,98-99H,9-10,15-21,24,27-39,81-82H2,1-8H3,(H,100,111)(H,101,116)(H,102,117)(H,103,120)(H,104,112)(H,105,113)(H,106,114)(H,107,118)(H,108,121)(H,109,115)(H,110,119)(H,122,123)(H4,83,84,93)(H4,85,86,94)(H4,87,88,95)(H4,89,90,96)(H4,91,92,97)/t44-,45-,50-,53-,54-,55-,56-,57-,58-,59-,60-,61-,62-,63-/m0/s1. The molecule has 43 nitrogen and oxygen atoms in total. The van der Waals surface area contributed by atoms with Gasteiger partial charge in [0.05, 0.1) is 6.04 Å². The second kappa shape index (κ2) is 53.3. The van der Waals surface area contributed by atoms with Gasteiger partial charge in [0.2, 0.25) is 65.0 Å². The lowest BCUT2D eigenvalue weighted by atomic mass is 9.94.